The summed E-state index contributed by atoms with van der Waals surface area (Å²) in [5.74, 6) is 0.847. The number of hydrogen-bond acceptors (Lipinski definition) is 5. The first-order valence-corrected chi connectivity index (χ1v) is 12.3. The van der Waals surface area contributed by atoms with Crippen LogP contribution in [-0.2, 0) is 26.1 Å². The third kappa shape index (κ3) is 4.48. The molecule has 7 nitrogen and oxygen atoms in total. The summed E-state index contributed by atoms with van der Waals surface area (Å²) >= 11 is 1.25. The molecule has 2 aromatic heterocycles. The number of aryl methyl sites for hydroxylation is 2. The lowest BCUT2D eigenvalue weighted by atomic mass is 10.1. The number of thiophene rings is 1. The summed E-state index contributed by atoms with van der Waals surface area (Å²) in [6.07, 6.45) is 3.45. The third-order valence-corrected chi connectivity index (χ3v) is 7.16. The number of nitrogens with one attached hydrogen (secondary N) is 1. The Bertz CT molecular complexity index is 1380. The van der Waals surface area contributed by atoms with Gasteiger partial charge >= 0.3 is 5.69 Å². The first-order chi connectivity index (χ1) is 16.6. The van der Waals surface area contributed by atoms with Crippen molar-refractivity contribution in [3.63, 3.8) is 0 Å². The monoisotopic (exact) mass is 480 g/mol. The van der Waals surface area contributed by atoms with E-state index in [1.807, 2.05) is 30.3 Å². The first-order valence-electron chi connectivity index (χ1n) is 11.4. The number of hydrogen-bond donors (Lipinski definition) is 1. The Morgan fingerprint density at radius 2 is 2.00 bits per heavy atom. The van der Waals surface area contributed by atoms with Gasteiger partial charge in [0.25, 0.3) is 5.91 Å². The molecule has 34 heavy (non-hydrogen) atoms. The quantitative estimate of drug-likeness (QED) is 0.385. The molecule has 3 heterocycles. The highest BCUT2D eigenvalue weighted by Gasteiger charge is 2.21. The van der Waals surface area contributed by atoms with Gasteiger partial charge in [0.15, 0.2) is 0 Å². The lowest BCUT2D eigenvalue weighted by Crippen LogP contribution is -2.29. The molecule has 0 unspecified atom stereocenters. The van der Waals surface area contributed by atoms with Crippen LogP contribution in [0.5, 0.6) is 5.75 Å². The Balaban J connectivity index is 1.27. The van der Waals surface area contributed by atoms with Gasteiger partial charge in [-0.25, -0.2) is 13.9 Å². The van der Waals surface area contributed by atoms with Gasteiger partial charge in [-0.1, -0.05) is 24.3 Å². The average Bonchev–Trinajstić information content (AvgIpc) is 3.40. The molecule has 1 N–H and O–H groups in total. The molecule has 4 aromatic rings. The predicted octanol–water partition coefficient (Wildman–Crippen LogP) is 4.13. The summed E-state index contributed by atoms with van der Waals surface area (Å²) in [7, 11) is 0. The van der Waals surface area contributed by atoms with Crippen molar-refractivity contribution in [1.29, 1.82) is 0 Å². The molecule has 0 aliphatic carbocycles. The number of amides is 1. The molecule has 0 saturated carbocycles. The minimum atomic E-state index is -0.373. The van der Waals surface area contributed by atoms with Gasteiger partial charge in [-0.2, -0.15) is 5.10 Å². The fraction of sp³-hybridized carbons (Fsp3) is 0.320. The van der Waals surface area contributed by atoms with Crippen molar-refractivity contribution in [3.05, 3.63) is 81.1 Å². The number of rotatable bonds is 8. The molecule has 0 saturated heterocycles. The van der Waals surface area contributed by atoms with Gasteiger partial charge in [-0.3, -0.25) is 9.36 Å². The molecule has 1 amide bonds. The Morgan fingerprint density at radius 1 is 1.15 bits per heavy atom. The number of aromatic nitrogens is 3. The maximum absolute atomic E-state index is 14.7. The number of para-hydroxylation sites is 1. The van der Waals surface area contributed by atoms with Crippen molar-refractivity contribution in [2.24, 2.45) is 0 Å². The lowest BCUT2D eigenvalue weighted by molar-refractivity contribution is 0.0954. The van der Waals surface area contributed by atoms with Crippen LogP contribution >= 0.6 is 11.3 Å². The SMILES string of the molecule is O=C(NCCCn1nc2n(c1=O)CCCC2)c1sc2cccc(F)c2c1COc1ccccc1. The van der Waals surface area contributed by atoms with Gasteiger partial charge in [-0.15, -0.1) is 11.3 Å². The Labute approximate surface area is 199 Å². The molecule has 9 heteroatoms. The minimum absolute atomic E-state index is 0.0821. The van der Waals surface area contributed by atoms with Crippen LogP contribution in [0.3, 0.4) is 0 Å². The van der Waals surface area contributed by atoms with E-state index in [9.17, 15) is 14.0 Å². The summed E-state index contributed by atoms with van der Waals surface area (Å²) in [5, 5.41) is 7.76. The number of carbonyl (C=O) groups is 1. The van der Waals surface area contributed by atoms with Gasteiger partial charge in [-0.05, 0) is 43.5 Å². The molecule has 2 aromatic carbocycles. The van der Waals surface area contributed by atoms with E-state index in [1.165, 1.54) is 22.1 Å². The molecule has 0 fully saturated rings. The summed E-state index contributed by atoms with van der Waals surface area (Å²) in [6.45, 7) is 1.62. The van der Waals surface area contributed by atoms with E-state index in [4.69, 9.17) is 4.74 Å². The number of fused-ring (bicyclic) bond motifs is 2. The zero-order valence-electron chi connectivity index (χ0n) is 18.6. The van der Waals surface area contributed by atoms with Gasteiger partial charge < -0.3 is 10.1 Å². The number of ether oxygens (including phenoxy) is 1. The van der Waals surface area contributed by atoms with Gasteiger partial charge in [0, 0.05) is 41.7 Å². The van der Waals surface area contributed by atoms with Crippen LogP contribution in [0.2, 0.25) is 0 Å². The summed E-state index contributed by atoms with van der Waals surface area (Å²) in [5.41, 5.74) is 0.457. The molecular formula is C25H25FN4O3S. The van der Waals surface area contributed by atoms with Crippen LogP contribution in [-0.4, -0.2) is 26.8 Å². The number of benzene rings is 2. The second kappa shape index (κ2) is 9.80. The molecule has 0 bridgehead atoms. The van der Waals surface area contributed by atoms with E-state index in [0.29, 0.717) is 45.8 Å². The van der Waals surface area contributed by atoms with Crippen molar-refractivity contribution in [3.8, 4) is 5.75 Å². The summed E-state index contributed by atoms with van der Waals surface area (Å²) < 4.78 is 24.4. The number of carbonyl (C=O) groups excluding carboxylic acids is 1. The summed E-state index contributed by atoms with van der Waals surface area (Å²) in [6, 6.07) is 14.1. The average molecular weight is 481 g/mol. The zero-order valence-corrected chi connectivity index (χ0v) is 19.4. The Kier molecular flexibility index (Phi) is 6.44. The number of halogens is 1. The highest BCUT2D eigenvalue weighted by molar-refractivity contribution is 7.21. The minimum Gasteiger partial charge on any atom is -0.489 e. The highest BCUT2D eigenvalue weighted by atomic mass is 32.1. The van der Waals surface area contributed by atoms with Crippen LogP contribution in [0.1, 0.15) is 40.3 Å². The van der Waals surface area contributed by atoms with Crippen LogP contribution in [0.4, 0.5) is 4.39 Å². The molecule has 176 valence electrons. The topological polar surface area (TPSA) is 78.2 Å². The van der Waals surface area contributed by atoms with Crippen molar-refractivity contribution in [1.82, 2.24) is 19.7 Å². The van der Waals surface area contributed by atoms with Gasteiger partial charge in [0.1, 0.15) is 24.0 Å². The van der Waals surface area contributed by atoms with E-state index >= 15 is 0 Å². The molecule has 0 radical (unpaired) electrons. The zero-order chi connectivity index (χ0) is 23.5. The fourth-order valence-electron chi connectivity index (χ4n) is 4.27. The normalized spacial score (nSPS) is 13.1. The van der Waals surface area contributed by atoms with Crippen LogP contribution in [0, 0.1) is 5.82 Å². The molecule has 5 rings (SSSR count). The van der Waals surface area contributed by atoms with Crippen molar-refractivity contribution >= 4 is 27.3 Å². The highest BCUT2D eigenvalue weighted by Crippen LogP contribution is 2.34. The van der Waals surface area contributed by atoms with Crippen molar-refractivity contribution in [2.45, 2.75) is 45.4 Å². The van der Waals surface area contributed by atoms with Gasteiger partial charge in [0.2, 0.25) is 0 Å². The second-order valence-corrected chi connectivity index (χ2v) is 9.32. The third-order valence-electron chi connectivity index (χ3n) is 5.96. The second-order valence-electron chi connectivity index (χ2n) is 8.26. The Hall–Kier alpha value is -3.46. The van der Waals surface area contributed by atoms with E-state index < -0.39 is 0 Å². The van der Waals surface area contributed by atoms with Crippen LogP contribution in [0.15, 0.2) is 53.3 Å². The van der Waals surface area contributed by atoms with E-state index in [1.54, 1.807) is 16.7 Å². The van der Waals surface area contributed by atoms with Gasteiger partial charge in [0.05, 0.1) is 4.88 Å². The van der Waals surface area contributed by atoms with E-state index in [2.05, 4.69) is 10.4 Å². The van der Waals surface area contributed by atoms with Crippen molar-refractivity contribution in [2.75, 3.05) is 6.54 Å². The molecule has 1 aliphatic rings. The molecule has 1 aliphatic heterocycles. The fourth-order valence-corrected chi connectivity index (χ4v) is 5.40. The maximum Gasteiger partial charge on any atom is 0.345 e. The van der Waals surface area contributed by atoms with E-state index in [-0.39, 0.29) is 24.0 Å². The smallest absolute Gasteiger partial charge is 0.345 e. The predicted molar refractivity (Wildman–Crippen MR) is 129 cm³/mol. The van der Waals surface area contributed by atoms with Crippen molar-refractivity contribution < 1.29 is 13.9 Å². The molecule has 0 atom stereocenters. The van der Waals surface area contributed by atoms with E-state index in [0.717, 1.165) is 31.6 Å². The van der Waals surface area contributed by atoms with Crippen LogP contribution in [0.25, 0.3) is 10.1 Å². The molecular weight excluding hydrogens is 455 g/mol. The summed E-state index contributed by atoms with van der Waals surface area (Å²) in [4.78, 5) is 25.9. The maximum atomic E-state index is 14.7. The molecule has 0 spiro atoms. The standard InChI is InChI=1S/C25H25FN4O3S/c26-19-10-6-11-20-22(19)18(16-33-17-8-2-1-3-9-17)23(34-20)24(31)27-13-7-15-30-25(32)29-14-5-4-12-21(29)28-30/h1-3,6,8-11H,4-5,7,12-16H2,(H,27,31). The lowest BCUT2D eigenvalue weighted by Gasteiger charge is -2.09. The van der Waals surface area contributed by atoms with Crippen LogP contribution < -0.4 is 15.7 Å². The largest absolute Gasteiger partial charge is 0.489 e. The Morgan fingerprint density at radius 3 is 2.82 bits per heavy atom. The number of nitrogens with zero attached hydrogens (tertiary/aromatic N) is 3. The first kappa shape index (κ1) is 22.3.